The van der Waals surface area contributed by atoms with Crippen molar-refractivity contribution >= 4 is 55.5 Å². The van der Waals surface area contributed by atoms with E-state index in [1.165, 1.54) is 0 Å². The van der Waals surface area contributed by atoms with Crippen molar-refractivity contribution < 1.29 is 4.79 Å². The molecule has 0 aliphatic rings. The topological polar surface area (TPSA) is 29.1 Å². The van der Waals surface area contributed by atoms with Crippen LogP contribution in [-0.2, 0) is 0 Å². The van der Waals surface area contributed by atoms with Crippen molar-refractivity contribution in [1.82, 2.24) is 0 Å². The van der Waals surface area contributed by atoms with E-state index in [4.69, 9.17) is 11.6 Å². The molecule has 29 heavy (non-hydrogen) atoms. The second-order valence-corrected chi connectivity index (χ2v) is 7.80. The number of hydrogen-bond donors (Lipinski definition) is 1. The number of anilines is 1. The minimum atomic E-state index is -0.0814. The molecule has 1 N–H and O–H groups in total. The summed E-state index contributed by atoms with van der Waals surface area (Å²) in [5.74, 6) is -0.0814. The Hall–Kier alpha value is -2.88. The Morgan fingerprint density at radius 3 is 2.21 bits per heavy atom. The van der Waals surface area contributed by atoms with Gasteiger partial charge in [-0.25, -0.2) is 0 Å². The van der Waals surface area contributed by atoms with Crippen LogP contribution in [-0.4, -0.2) is 5.78 Å². The van der Waals surface area contributed by atoms with Crippen LogP contribution in [0.2, 0.25) is 5.02 Å². The molecule has 0 amide bonds. The molecule has 4 aromatic rings. The summed E-state index contributed by atoms with van der Waals surface area (Å²) in [6, 6.07) is 29.0. The fourth-order valence-corrected chi connectivity index (χ4v) is 3.90. The van der Waals surface area contributed by atoms with Crippen LogP contribution in [0.1, 0.15) is 15.9 Å². The highest BCUT2D eigenvalue weighted by Gasteiger charge is 2.12. The number of fused-ring (bicyclic) bond motifs is 1. The molecule has 0 saturated heterocycles. The van der Waals surface area contributed by atoms with Gasteiger partial charge in [0.15, 0.2) is 5.78 Å². The van der Waals surface area contributed by atoms with Crippen molar-refractivity contribution in [3.8, 4) is 0 Å². The highest BCUT2D eigenvalue weighted by molar-refractivity contribution is 9.10. The summed E-state index contributed by atoms with van der Waals surface area (Å²) in [6.07, 6.45) is 1.64. The van der Waals surface area contributed by atoms with Crippen LogP contribution in [0.5, 0.6) is 0 Å². The predicted octanol–water partition coefficient (Wildman–Crippen LogP) is 7.59. The summed E-state index contributed by atoms with van der Waals surface area (Å²) in [4.78, 5) is 13.0. The molecule has 0 atom stereocenters. The highest BCUT2D eigenvalue weighted by Crippen LogP contribution is 2.32. The van der Waals surface area contributed by atoms with Gasteiger partial charge in [-0.2, -0.15) is 0 Å². The van der Waals surface area contributed by atoms with Crippen LogP contribution in [0.25, 0.3) is 16.5 Å². The first kappa shape index (κ1) is 19.4. The molecule has 4 heteroatoms. The summed E-state index contributed by atoms with van der Waals surface area (Å²) in [5.41, 5.74) is 3.15. The average Bonchev–Trinajstić information content (AvgIpc) is 2.76. The third-order valence-corrected chi connectivity index (χ3v) is 5.66. The molecule has 0 bridgehead atoms. The zero-order valence-electron chi connectivity index (χ0n) is 15.4. The van der Waals surface area contributed by atoms with Crippen molar-refractivity contribution in [2.24, 2.45) is 0 Å². The van der Waals surface area contributed by atoms with Gasteiger partial charge in [0.2, 0.25) is 0 Å². The number of ketones is 1. The molecule has 0 spiro atoms. The first-order valence-corrected chi connectivity index (χ1v) is 10.3. The van der Waals surface area contributed by atoms with Crippen LogP contribution in [0.4, 0.5) is 5.69 Å². The molecule has 0 aliphatic heterocycles. The van der Waals surface area contributed by atoms with Crippen molar-refractivity contribution in [1.29, 1.82) is 0 Å². The van der Waals surface area contributed by atoms with Crippen molar-refractivity contribution in [3.63, 3.8) is 0 Å². The Balaban J connectivity index is 1.80. The molecule has 4 rings (SSSR count). The van der Waals surface area contributed by atoms with E-state index in [0.29, 0.717) is 10.6 Å². The fraction of sp³-hybridized carbons (Fsp3) is 0. The molecule has 142 valence electrons. The normalized spacial score (nSPS) is 11.4. The number of carbonyl (C=O) groups is 1. The molecule has 0 saturated carbocycles. The van der Waals surface area contributed by atoms with Crippen LogP contribution in [0, 0.1) is 0 Å². The largest absolute Gasteiger partial charge is 0.354 e. The smallest absolute Gasteiger partial charge is 0.189 e. The molecule has 4 aromatic carbocycles. The van der Waals surface area contributed by atoms with Crippen molar-refractivity contribution in [3.05, 3.63) is 118 Å². The Morgan fingerprint density at radius 1 is 0.793 bits per heavy atom. The minimum absolute atomic E-state index is 0.0814. The SMILES string of the molecule is O=C(/C=C(\Nc1ccc(Cl)c2ccccc12)c1ccccc1)c1ccccc1Br. The van der Waals surface area contributed by atoms with Gasteiger partial charge < -0.3 is 5.32 Å². The second-order valence-electron chi connectivity index (χ2n) is 6.53. The van der Waals surface area contributed by atoms with Gasteiger partial charge in [-0.15, -0.1) is 0 Å². The maximum Gasteiger partial charge on any atom is 0.189 e. The van der Waals surface area contributed by atoms with Gasteiger partial charge in [0.05, 0.1) is 0 Å². The molecule has 0 aromatic heterocycles. The predicted molar refractivity (Wildman–Crippen MR) is 125 cm³/mol. The molecule has 0 aliphatic carbocycles. The highest BCUT2D eigenvalue weighted by atomic mass is 79.9. The lowest BCUT2D eigenvalue weighted by Crippen LogP contribution is -2.04. The van der Waals surface area contributed by atoms with Crippen LogP contribution in [0.15, 0.2) is 102 Å². The number of rotatable bonds is 5. The lowest BCUT2D eigenvalue weighted by molar-refractivity contribution is 0.104. The van der Waals surface area contributed by atoms with Crippen LogP contribution < -0.4 is 5.32 Å². The number of allylic oxidation sites excluding steroid dienone is 1. The van der Waals surface area contributed by atoms with E-state index in [1.54, 1.807) is 6.08 Å². The van der Waals surface area contributed by atoms with E-state index in [-0.39, 0.29) is 5.78 Å². The first-order valence-electron chi connectivity index (χ1n) is 9.14. The second kappa shape index (κ2) is 8.64. The van der Waals surface area contributed by atoms with Gasteiger partial charge >= 0.3 is 0 Å². The molecular weight excluding hydrogens is 446 g/mol. The molecule has 0 unspecified atom stereocenters. The summed E-state index contributed by atoms with van der Waals surface area (Å²) < 4.78 is 0.769. The molecular formula is C25H17BrClNO. The molecule has 2 nitrogen and oxygen atoms in total. The zero-order chi connectivity index (χ0) is 20.2. The average molecular weight is 463 g/mol. The maximum absolute atomic E-state index is 13.0. The Bertz CT molecular complexity index is 1220. The van der Waals surface area contributed by atoms with Crippen molar-refractivity contribution in [2.45, 2.75) is 0 Å². The number of halogens is 2. The number of benzene rings is 4. The van der Waals surface area contributed by atoms with E-state index in [2.05, 4.69) is 21.2 Å². The van der Waals surface area contributed by atoms with E-state index in [9.17, 15) is 4.79 Å². The molecule has 0 radical (unpaired) electrons. The van der Waals surface area contributed by atoms with Gasteiger partial charge in [0.1, 0.15) is 0 Å². The third kappa shape index (κ3) is 4.26. The lowest BCUT2D eigenvalue weighted by Gasteiger charge is -2.15. The quantitative estimate of drug-likeness (QED) is 0.244. The summed E-state index contributed by atoms with van der Waals surface area (Å²) >= 11 is 9.83. The van der Waals surface area contributed by atoms with E-state index >= 15 is 0 Å². The summed E-state index contributed by atoms with van der Waals surface area (Å²) in [6.45, 7) is 0. The van der Waals surface area contributed by atoms with Gasteiger partial charge in [-0.05, 0) is 29.8 Å². The fourth-order valence-electron chi connectivity index (χ4n) is 3.20. The van der Waals surface area contributed by atoms with Gasteiger partial charge in [0.25, 0.3) is 0 Å². The third-order valence-electron chi connectivity index (χ3n) is 4.64. The standard InChI is InChI=1S/C25H17BrClNO/c26-21-13-7-6-12-20(21)25(29)16-24(17-8-2-1-3-9-17)28-23-15-14-22(27)18-10-4-5-11-19(18)23/h1-16,28H/b24-16-. The van der Waals surface area contributed by atoms with E-state index in [0.717, 1.165) is 32.2 Å². The van der Waals surface area contributed by atoms with Crippen molar-refractivity contribution in [2.75, 3.05) is 5.32 Å². The molecule has 0 fully saturated rings. The van der Waals surface area contributed by atoms with E-state index in [1.807, 2.05) is 91.0 Å². The number of nitrogens with one attached hydrogen (secondary N) is 1. The first-order chi connectivity index (χ1) is 14.1. The number of hydrogen-bond acceptors (Lipinski definition) is 2. The minimum Gasteiger partial charge on any atom is -0.354 e. The van der Waals surface area contributed by atoms with E-state index < -0.39 is 0 Å². The Kier molecular flexibility index (Phi) is 5.79. The zero-order valence-corrected chi connectivity index (χ0v) is 17.7. The van der Waals surface area contributed by atoms with Crippen LogP contribution in [0.3, 0.4) is 0 Å². The number of carbonyl (C=O) groups excluding carboxylic acids is 1. The monoisotopic (exact) mass is 461 g/mol. The Morgan fingerprint density at radius 2 is 1.45 bits per heavy atom. The van der Waals surface area contributed by atoms with Gasteiger partial charge in [-0.1, -0.05) is 94.3 Å². The lowest BCUT2D eigenvalue weighted by atomic mass is 10.0. The summed E-state index contributed by atoms with van der Waals surface area (Å²) in [7, 11) is 0. The molecule has 0 heterocycles. The van der Waals surface area contributed by atoms with Gasteiger partial charge in [0, 0.05) is 43.3 Å². The Labute approximate surface area is 183 Å². The van der Waals surface area contributed by atoms with Gasteiger partial charge in [-0.3, -0.25) is 4.79 Å². The van der Waals surface area contributed by atoms with Crippen LogP contribution >= 0.6 is 27.5 Å². The maximum atomic E-state index is 13.0. The summed E-state index contributed by atoms with van der Waals surface area (Å²) in [5, 5.41) is 6.10.